The highest BCUT2D eigenvalue weighted by molar-refractivity contribution is 5.75. The predicted molar refractivity (Wildman–Crippen MR) is 72.4 cm³/mol. The molecular formula is C14H27NO3. The van der Waals surface area contributed by atoms with Crippen LogP contribution in [0, 0.1) is 5.92 Å². The summed E-state index contributed by atoms with van der Waals surface area (Å²) >= 11 is 0. The maximum Gasteiger partial charge on any atom is 0.306 e. The van der Waals surface area contributed by atoms with Gasteiger partial charge in [-0.2, -0.15) is 0 Å². The third-order valence-corrected chi connectivity index (χ3v) is 3.15. The highest BCUT2D eigenvalue weighted by Gasteiger charge is 2.13. The molecule has 106 valence electrons. The van der Waals surface area contributed by atoms with Crippen LogP contribution in [-0.2, 0) is 9.59 Å². The number of nitrogens with one attached hydrogen (secondary N) is 1. The van der Waals surface area contributed by atoms with Crippen LogP contribution in [0.25, 0.3) is 0 Å². The second-order valence-corrected chi connectivity index (χ2v) is 4.75. The zero-order valence-corrected chi connectivity index (χ0v) is 11.7. The molecule has 1 unspecified atom stereocenters. The monoisotopic (exact) mass is 257 g/mol. The minimum Gasteiger partial charge on any atom is -0.481 e. The maximum atomic E-state index is 11.4. The van der Waals surface area contributed by atoms with Crippen LogP contribution in [0.1, 0.15) is 65.2 Å². The molecule has 0 aromatic heterocycles. The summed E-state index contributed by atoms with van der Waals surface area (Å²) in [6, 6.07) is 0. The highest BCUT2D eigenvalue weighted by atomic mass is 16.4. The van der Waals surface area contributed by atoms with Gasteiger partial charge in [-0.3, -0.25) is 9.59 Å². The summed E-state index contributed by atoms with van der Waals surface area (Å²) in [4.78, 5) is 22.2. The first-order valence-corrected chi connectivity index (χ1v) is 7.11. The molecule has 1 amide bonds. The van der Waals surface area contributed by atoms with Crippen LogP contribution in [0.4, 0.5) is 0 Å². The van der Waals surface area contributed by atoms with Crippen LogP contribution in [0.2, 0.25) is 0 Å². The number of aliphatic carboxylic acids is 1. The molecular weight excluding hydrogens is 230 g/mol. The minimum absolute atomic E-state index is 0.119. The second-order valence-electron chi connectivity index (χ2n) is 4.75. The quantitative estimate of drug-likeness (QED) is 0.559. The Morgan fingerprint density at radius 2 is 1.83 bits per heavy atom. The van der Waals surface area contributed by atoms with Crippen LogP contribution in [-0.4, -0.2) is 23.5 Å². The summed E-state index contributed by atoms with van der Waals surface area (Å²) < 4.78 is 0. The molecule has 2 N–H and O–H groups in total. The van der Waals surface area contributed by atoms with Gasteiger partial charge in [-0.05, 0) is 25.7 Å². The van der Waals surface area contributed by atoms with Crippen molar-refractivity contribution in [3.8, 4) is 0 Å². The van der Waals surface area contributed by atoms with E-state index in [0.29, 0.717) is 25.8 Å². The van der Waals surface area contributed by atoms with Gasteiger partial charge in [0.2, 0.25) is 5.91 Å². The Balaban J connectivity index is 3.44. The number of carboxylic acid groups (broad SMARTS) is 1. The smallest absolute Gasteiger partial charge is 0.306 e. The molecule has 0 aliphatic rings. The van der Waals surface area contributed by atoms with Crippen LogP contribution < -0.4 is 5.32 Å². The number of amides is 1. The van der Waals surface area contributed by atoms with Crippen LogP contribution >= 0.6 is 0 Å². The Hall–Kier alpha value is -1.06. The number of rotatable bonds is 11. The molecule has 4 nitrogen and oxygen atoms in total. The molecule has 0 bridgehead atoms. The largest absolute Gasteiger partial charge is 0.481 e. The lowest BCUT2D eigenvalue weighted by Crippen LogP contribution is -2.24. The number of hydrogen-bond acceptors (Lipinski definition) is 2. The minimum atomic E-state index is -0.707. The van der Waals surface area contributed by atoms with E-state index in [2.05, 4.69) is 12.2 Å². The predicted octanol–water partition coefficient (Wildman–Crippen LogP) is 2.96. The molecule has 0 saturated carbocycles. The Bertz CT molecular complexity index is 241. The molecule has 0 aliphatic carbocycles. The highest BCUT2D eigenvalue weighted by Crippen LogP contribution is 2.12. The molecule has 0 aromatic carbocycles. The summed E-state index contributed by atoms with van der Waals surface area (Å²) in [5, 5.41) is 11.7. The van der Waals surface area contributed by atoms with Crippen molar-refractivity contribution in [3.05, 3.63) is 0 Å². The molecule has 0 aromatic rings. The van der Waals surface area contributed by atoms with Crippen molar-refractivity contribution in [3.63, 3.8) is 0 Å². The van der Waals surface area contributed by atoms with Gasteiger partial charge >= 0.3 is 5.97 Å². The average Bonchev–Trinajstić information content (AvgIpc) is 2.33. The summed E-state index contributed by atoms with van der Waals surface area (Å²) in [6.45, 7) is 4.68. The Morgan fingerprint density at radius 3 is 2.39 bits per heavy atom. The van der Waals surface area contributed by atoms with Gasteiger partial charge in [0.1, 0.15) is 0 Å². The number of carbonyl (C=O) groups excluding carboxylic acids is 1. The standard InChI is InChI=1S/C14H27NO3/c1-3-5-6-10-13(16)15-11-8-7-9-12(4-2)14(17)18/h12H,3-11H2,1-2H3,(H,15,16)(H,17,18). The molecule has 1 atom stereocenters. The first-order chi connectivity index (χ1) is 8.61. The summed E-state index contributed by atoms with van der Waals surface area (Å²) in [7, 11) is 0. The van der Waals surface area contributed by atoms with E-state index in [4.69, 9.17) is 5.11 Å². The van der Waals surface area contributed by atoms with E-state index in [0.717, 1.165) is 32.1 Å². The van der Waals surface area contributed by atoms with Crippen molar-refractivity contribution in [2.45, 2.75) is 65.2 Å². The topological polar surface area (TPSA) is 66.4 Å². The SMILES string of the molecule is CCCCCC(=O)NCCCCC(CC)C(=O)O. The van der Waals surface area contributed by atoms with Crippen molar-refractivity contribution in [2.24, 2.45) is 5.92 Å². The molecule has 0 saturated heterocycles. The zero-order chi connectivity index (χ0) is 13.8. The van der Waals surface area contributed by atoms with Gasteiger partial charge < -0.3 is 10.4 Å². The zero-order valence-electron chi connectivity index (χ0n) is 11.7. The fourth-order valence-corrected chi connectivity index (χ4v) is 1.87. The van der Waals surface area contributed by atoms with E-state index in [1.807, 2.05) is 6.92 Å². The van der Waals surface area contributed by atoms with E-state index in [1.165, 1.54) is 0 Å². The Morgan fingerprint density at radius 1 is 1.11 bits per heavy atom. The van der Waals surface area contributed by atoms with Crippen LogP contribution in [0.5, 0.6) is 0 Å². The van der Waals surface area contributed by atoms with E-state index in [-0.39, 0.29) is 11.8 Å². The number of hydrogen-bond donors (Lipinski definition) is 2. The van der Waals surface area contributed by atoms with Gasteiger partial charge in [0.05, 0.1) is 5.92 Å². The lowest BCUT2D eigenvalue weighted by atomic mass is 9.99. The molecule has 4 heteroatoms. The van der Waals surface area contributed by atoms with Gasteiger partial charge in [0, 0.05) is 13.0 Å². The lowest BCUT2D eigenvalue weighted by molar-refractivity contribution is -0.142. The van der Waals surface area contributed by atoms with Crippen LogP contribution in [0.15, 0.2) is 0 Å². The second kappa shape index (κ2) is 11.1. The molecule has 0 rings (SSSR count). The number of carboxylic acids is 1. The fourth-order valence-electron chi connectivity index (χ4n) is 1.87. The number of unbranched alkanes of at least 4 members (excludes halogenated alkanes) is 3. The van der Waals surface area contributed by atoms with E-state index in [9.17, 15) is 9.59 Å². The first-order valence-electron chi connectivity index (χ1n) is 7.11. The molecule has 0 heterocycles. The third kappa shape index (κ3) is 9.02. The van der Waals surface area contributed by atoms with E-state index < -0.39 is 5.97 Å². The summed E-state index contributed by atoms with van der Waals surface area (Å²) in [5.41, 5.74) is 0. The first kappa shape index (κ1) is 16.9. The molecule has 0 radical (unpaired) electrons. The van der Waals surface area contributed by atoms with Crippen LogP contribution in [0.3, 0.4) is 0 Å². The van der Waals surface area contributed by atoms with Gasteiger partial charge in [0.15, 0.2) is 0 Å². The summed E-state index contributed by atoms with van der Waals surface area (Å²) in [6.07, 6.45) is 6.91. The Kier molecular flexibility index (Phi) is 10.4. The normalized spacial score (nSPS) is 12.1. The average molecular weight is 257 g/mol. The van der Waals surface area contributed by atoms with Crippen molar-refractivity contribution in [2.75, 3.05) is 6.54 Å². The molecule has 18 heavy (non-hydrogen) atoms. The molecule has 0 spiro atoms. The van der Waals surface area contributed by atoms with Gasteiger partial charge in [-0.1, -0.05) is 33.1 Å². The van der Waals surface area contributed by atoms with Gasteiger partial charge in [-0.15, -0.1) is 0 Å². The third-order valence-electron chi connectivity index (χ3n) is 3.15. The molecule has 0 aliphatic heterocycles. The lowest BCUT2D eigenvalue weighted by Gasteiger charge is -2.09. The fraction of sp³-hybridized carbons (Fsp3) is 0.857. The van der Waals surface area contributed by atoms with Gasteiger partial charge in [0.25, 0.3) is 0 Å². The summed E-state index contributed by atoms with van der Waals surface area (Å²) in [5.74, 6) is -0.819. The van der Waals surface area contributed by atoms with Gasteiger partial charge in [-0.25, -0.2) is 0 Å². The van der Waals surface area contributed by atoms with Crippen molar-refractivity contribution < 1.29 is 14.7 Å². The van der Waals surface area contributed by atoms with E-state index in [1.54, 1.807) is 0 Å². The van der Waals surface area contributed by atoms with Crippen molar-refractivity contribution >= 4 is 11.9 Å². The van der Waals surface area contributed by atoms with E-state index >= 15 is 0 Å². The maximum absolute atomic E-state index is 11.4. The number of carbonyl (C=O) groups is 2. The Labute approximate surface area is 110 Å². The van der Waals surface area contributed by atoms with Crippen molar-refractivity contribution in [1.82, 2.24) is 5.32 Å². The van der Waals surface area contributed by atoms with Crippen molar-refractivity contribution in [1.29, 1.82) is 0 Å². The molecule has 0 fully saturated rings.